The summed E-state index contributed by atoms with van der Waals surface area (Å²) in [5.41, 5.74) is 4.13. The number of anilines is 1. The highest BCUT2D eigenvalue weighted by atomic mass is 16.5. The monoisotopic (exact) mass is 376 g/mol. The number of morpholine rings is 1. The SMILES string of the molecule is CN(C)c1ncccc1CN1CCOC(c2ccc(-c3cncnc3)cn2)C1. The van der Waals surface area contributed by atoms with Gasteiger partial charge in [0.15, 0.2) is 0 Å². The largest absolute Gasteiger partial charge is 0.369 e. The van der Waals surface area contributed by atoms with Gasteiger partial charge in [0.05, 0.1) is 12.3 Å². The van der Waals surface area contributed by atoms with E-state index in [2.05, 4.69) is 41.9 Å². The summed E-state index contributed by atoms with van der Waals surface area (Å²) in [4.78, 5) is 21.7. The zero-order chi connectivity index (χ0) is 19.3. The second kappa shape index (κ2) is 8.41. The molecule has 4 rings (SSSR count). The normalized spacial score (nSPS) is 17.4. The molecule has 1 unspecified atom stereocenters. The van der Waals surface area contributed by atoms with Crippen LogP contribution < -0.4 is 4.90 Å². The Bertz CT molecular complexity index is 900. The molecule has 7 nitrogen and oxygen atoms in total. The van der Waals surface area contributed by atoms with Crippen LogP contribution in [0.4, 0.5) is 5.82 Å². The molecule has 0 spiro atoms. The van der Waals surface area contributed by atoms with Gasteiger partial charge in [-0.2, -0.15) is 0 Å². The lowest BCUT2D eigenvalue weighted by atomic mass is 10.1. The molecule has 1 saturated heterocycles. The fraction of sp³-hybridized carbons (Fsp3) is 0.333. The van der Waals surface area contributed by atoms with E-state index in [0.717, 1.165) is 42.3 Å². The Hall–Kier alpha value is -2.90. The highest BCUT2D eigenvalue weighted by Crippen LogP contribution is 2.25. The van der Waals surface area contributed by atoms with Gasteiger partial charge >= 0.3 is 0 Å². The highest BCUT2D eigenvalue weighted by Gasteiger charge is 2.24. The first kappa shape index (κ1) is 18.5. The minimum Gasteiger partial charge on any atom is -0.369 e. The molecule has 0 amide bonds. The lowest BCUT2D eigenvalue weighted by molar-refractivity contribution is -0.0349. The van der Waals surface area contributed by atoms with E-state index in [-0.39, 0.29) is 6.10 Å². The molecule has 144 valence electrons. The van der Waals surface area contributed by atoms with Gasteiger partial charge < -0.3 is 9.64 Å². The maximum atomic E-state index is 6.00. The Morgan fingerprint density at radius 3 is 2.68 bits per heavy atom. The minimum absolute atomic E-state index is 0.0331. The van der Waals surface area contributed by atoms with E-state index < -0.39 is 0 Å². The number of hydrogen-bond acceptors (Lipinski definition) is 7. The van der Waals surface area contributed by atoms with Crippen molar-refractivity contribution in [2.24, 2.45) is 0 Å². The third-order valence-corrected chi connectivity index (χ3v) is 4.85. The Morgan fingerprint density at radius 2 is 1.93 bits per heavy atom. The molecule has 3 aromatic rings. The van der Waals surface area contributed by atoms with E-state index in [9.17, 15) is 0 Å². The molecular weight excluding hydrogens is 352 g/mol. The van der Waals surface area contributed by atoms with Crippen LogP contribution in [-0.4, -0.2) is 58.6 Å². The Balaban J connectivity index is 1.46. The van der Waals surface area contributed by atoms with Crippen molar-refractivity contribution in [3.05, 3.63) is 66.6 Å². The molecule has 4 heterocycles. The molecule has 0 saturated carbocycles. The summed E-state index contributed by atoms with van der Waals surface area (Å²) in [5, 5.41) is 0. The summed E-state index contributed by atoms with van der Waals surface area (Å²) in [5.74, 6) is 1.01. The van der Waals surface area contributed by atoms with Crippen LogP contribution in [0, 0.1) is 0 Å². The molecule has 0 N–H and O–H groups in total. The summed E-state index contributed by atoms with van der Waals surface area (Å²) < 4.78 is 6.00. The average molecular weight is 376 g/mol. The maximum Gasteiger partial charge on any atom is 0.132 e. The molecular formula is C21H24N6O. The van der Waals surface area contributed by atoms with Crippen molar-refractivity contribution in [1.29, 1.82) is 0 Å². The van der Waals surface area contributed by atoms with Crippen molar-refractivity contribution in [1.82, 2.24) is 24.8 Å². The molecule has 7 heteroatoms. The second-order valence-corrected chi connectivity index (χ2v) is 7.07. The van der Waals surface area contributed by atoms with Gasteiger partial charge in [0.25, 0.3) is 0 Å². The van der Waals surface area contributed by atoms with Crippen molar-refractivity contribution in [2.75, 3.05) is 38.7 Å². The van der Waals surface area contributed by atoms with Gasteiger partial charge in [-0.25, -0.2) is 15.0 Å². The molecule has 0 bridgehead atoms. The lowest BCUT2D eigenvalue weighted by Gasteiger charge is -2.33. The molecule has 0 aliphatic carbocycles. The lowest BCUT2D eigenvalue weighted by Crippen LogP contribution is -2.38. The van der Waals surface area contributed by atoms with Crippen molar-refractivity contribution in [3.63, 3.8) is 0 Å². The number of nitrogens with zero attached hydrogens (tertiary/aromatic N) is 6. The van der Waals surface area contributed by atoms with Crippen LogP contribution in [0.15, 0.2) is 55.4 Å². The van der Waals surface area contributed by atoms with Crippen LogP contribution in [-0.2, 0) is 11.3 Å². The van der Waals surface area contributed by atoms with Crippen LogP contribution in [0.2, 0.25) is 0 Å². The Morgan fingerprint density at radius 1 is 1.07 bits per heavy atom. The Kier molecular flexibility index (Phi) is 5.55. The first-order valence-electron chi connectivity index (χ1n) is 9.37. The predicted octanol–water partition coefficient (Wildman–Crippen LogP) is 2.57. The van der Waals surface area contributed by atoms with Crippen LogP contribution in [0.25, 0.3) is 11.1 Å². The van der Waals surface area contributed by atoms with E-state index in [1.165, 1.54) is 11.9 Å². The van der Waals surface area contributed by atoms with Gasteiger partial charge in [-0.1, -0.05) is 12.1 Å². The van der Waals surface area contributed by atoms with E-state index >= 15 is 0 Å². The van der Waals surface area contributed by atoms with Crippen LogP contribution in [0.3, 0.4) is 0 Å². The third kappa shape index (κ3) is 4.16. The van der Waals surface area contributed by atoms with Crippen molar-refractivity contribution in [3.8, 4) is 11.1 Å². The standard InChI is InChI=1S/C21H24N6O/c1-26(2)21-17(4-3-7-24-21)13-27-8-9-28-20(14-27)19-6-5-16(12-25-19)18-10-22-15-23-11-18/h3-7,10-12,15,20H,8-9,13-14H2,1-2H3. The molecule has 1 aliphatic heterocycles. The molecule has 0 aromatic carbocycles. The molecule has 1 atom stereocenters. The molecule has 3 aromatic heterocycles. The van der Waals surface area contributed by atoms with E-state index in [0.29, 0.717) is 6.61 Å². The summed E-state index contributed by atoms with van der Waals surface area (Å²) in [6.45, 7) is 3.25. The first-order valence-corrected chi connectivity index (χ1v) is 9.37. The van der Waals surface area contributed by atoms with Crippen molar-refractivity contribution in [2.45, 2.75) is 12.6 Å². The number of rotatable bonds is 5. The van der Waals surface area contributed by atoms with Gasteiger partial charge in [0, 0.05) is 75.2 Å². The average Bonchev–Trinajstić information content (AvgIpc) is 2.75. The number of hydrogen-bond donors (Lipinski definition) is 0. The molecule has 0 radical (unpaired) electrons. The van der Waals surface area contributed by atoms with Crippen LogP contribution >= 0.6 is 0 Å². The fourth-order valence-electron chi connectivity index (χ4n) is 3.44. The third-order valence-electron chi connectivity index (χ3n) is 4.85. The molecule has 28 heavy (non-hydrogen) atoms. The van der Waals surface area contributed by atoms with Crippen molar-refractivity contribution < 1.29 is 4.74 Å². The zero-order valence-corrected chi connectivity index (χ0v) is 16.2. The van der Waals surface area contributed by atoms with E-state index in [1.807, 2.05) is 38.6 Å². The zero-order valence-electron chi connectivity index (χ0n) is 16.2. The minimum atomic E-state index is -0.0331. The smallest absolute Gasteiger partial charge is 0.132 e. The predicted molar refractivity (Wildman–Crippen MR) is 108 cm³/mol. The number of ether oxygens (including phenoxy) is 1. The summed E-state index contributed by atoms with van der Waals surface area (Å²) >= 11 is 0. The van der Waals surface area contributed by atoms with Crippen LogP contribution in [0.1, 0.15) is 17.4 Å². The van der Waals surface area contributed by atoms with E-state index in [1.54, 1.807) is 12.4 Å². The summed E-state index contributed by atoms with van der Waals surface area (Å²) in [6.07, 6.45) is 8.78. The highest BCUT2D eigenvalue weighted by molar-refractivity contribution is 5.60. The maximum absolute atomic E-state index is 6.00. The van der Waals surface area contributed by atoms with Crippen molar-refractivity contribution >= 4 is 5.82 Å². The quantitative estimate of drug-likeness (QED) is 0.678. The Labute approximate surface area is 165 Å². The van der Waals surface area contributed by atoms with Gasteiger partial charge in [0.1, 0.15) is 18.2 Å². The molecule has 1 fully saturated rings. The first-order chi connectivity index (χ1) is 13.7. The fourth-order valence-corrected chi connectivity index (χ4v) is 3.44. The second-order valence-electron chi connectivity index (χ2n) is 7.07. The van der Waals surface area contributed by atoms with Gasteiger partial charge in [-0.15, -0.1) is 0 Å². The van der Waals surface area contributed by atoms with Gasteiger partial charge in [-0.3, -0.25) is 9.88 Å². The summed E-state index contributed by atoms with van der Waals surface area (Å²) in [6, 6.07) is 8.22. The number of pyridine rings is 2. The van der Waals surface area contributed by atoms with Gasteiger partial charge in [-0.05, 0) is 12.1 Å². The molecule has 1 aliphatic rings. The topological polar surface area (TPSA) is 67.3 Å². The number of aromatic nitrogens is 4. The van der Waals surface area contributed by atoms with E-state index in [4.69, 9.17) is 4.74 Å². The van der Waals surface area contributed by atoms with Crippen LogP contribution in [0.5, 0.6) is 0 Å². The summed E-state index contributed by atoms with van der Waals surface area (Å²) in [7, 11) is 4.05. The van der Waals surface area contributed by atoms with Gasteiger partial charge in [0.2, 0.25) is 0 Å².